The molecule has 0 aliphatic heterocycles. The van der Waals surface area contributed by atoms with E-state index in [0.29, 0.717) is 17.0 Å². The molecule has 4 nitrogen and oxygen atoms in total. The number of carbonyl (C=O) groups is 2. The molecule has 1 rings (SSSR count). The third-order valence-electron chi connectivity index (χ3n) is 2.66. The lowest BCUT2D eigenvalue weighted by atomic mass is 10.1. The molecule has 0 aliphatic carbocycles. The van der Waals surface area contributed by atoms with Crippen molar-refractivity contribution >= 4 is 28.2 Å². The lowest BCUT2D eigenvalue weighted by Gasteiger charge is -2.10. The highest BCUT2D eigenvalue weighted by Crippen LogP contribution is 2.33. The van der Waals surface area contributed by atoms with E-state index in [9.17, 15) is 9.59 Å². The summed E-state index contributed by atoms with van der Waals surface area (Å²) in [6.07, 6.45) is 1.06. The van der Waals surface area contributed by atoms with Crippen LogP contribution in [0.4, 0.5) is 5.00 Å². The van der Waals surface area contributed by atoms with Crippen LogP contribution in [0.5, 0.6) is 0 Å². The number of nitrogens with one attached hydrogen (secondary N) is 1. The monoisotopic (exact) mass is 283 g/mol. The Bertz CT molecular complexity index is 477. The van der Waals surface area contributed by atoms with Gasteiger partial charge in [0.25, 0.3) is 0 Å². The number of hydrogen-bond donors (Lipinski definition) is 1. The van der Waals surface area contributed by atoms with Gasteiger partial charge in [-0.05, 0) is 39.7 Å². The number of hydrogen-bond acceptors (Lipinski definition) is 4. The van der Waals surface area contributed by atoms with Crippen molar-refractivity contribution in [2.24, 2.45) is 0 Å². The molecule has 1 aromatic heterocycles. The van der Waals surface area contributed by atoms with Crippen molar-refractivity contribution in [3.63, 3.8) is 0 Å². The Morgan fingerprint density at radius 2 is 1.95 bits per heavy atom. The fourth-order valence-electron chi connectivity index (χ4n) is 1.65. The predicted molar refractivity (Wildman–Crippen MR) is 77.9 cm³/mol. The number of carbonyl (C=O) groups excluding carboxylic acids is 2. The van der Waals surface area contributed by atoms with Crippen LogP contribution in [0.1, 0.15) is 54.4 Å². The van der Waals surface area contributed by atoms with Gasteiger partial charge < -0.3 is 10.1 Å². The van der Waals surface area contributed by atoms with Crippen LogP contribution < -0.4 is 5.32 Å². The summed E-state index contributed by atoms with van der Waals surface area (Å²) in [7, 11) is 0. The minimum absolute atomic E-state index is 0.0673. The molecule has 0 bridgehead atoms. The van der Waals surface area contributed by atoms with E-state index in [0.717, 1.165) is 16.9 Å². The lowest BCUT2D eigenvalue weighted by molar-refractivity contribution is -0.116. The largest absolute Gasteiger partial charge is 0.459 e. The van der Waals surface area contributed by atoms with Gasteiger partial charge in [-0.3, -0.25) is 4.79 Å². The highest BCUT2D eigenvalue weighted by Gasteiger charge is 2.22. The molecule has 106 valence electrons. The molecule has 0 aromatic carbocycles. The Hall–Kier alpha value is -1.36. The van der Waals surface area contributed by atoms with Crippen molar-refractivity contribution in [2.75, 3.05) is 5.32 Å². The molecule has 1 heterocycles. The number of esters is 1. The van der Waals surface area contributed by atoms with Crippen LogP contribution in [0.2, 0.25) is 0 Å². The lowest BCUT2D eigenvalue weighted by Crippen LogP contribution is -2.16. The quantitative estimate of drug-likeness (QED) is 0.839. The first-order valence-electron chi connectivity index (χ1n) is 6.47. The van der Waals surface area contributed by atoms with Crippen molar-refractivity contribution in [3.8, 4) is 0 Å². The molecule has 0 saturated heterocycles. The maximum Gasteiger partial charge on any atom is 0.341 e. The molecular weight excluding hydrogens is 262 g/mol. The summed E-state index contributed by atoms with van der Waals surface area (Å²) in [5.74, 6) is -0.439. The van der Waals surface area contributed by atoms with Crippen molar-refractivity contribution in [3.05, 3.63) is 16.0 Å². The molecule has 19 heavy (non-hydrogen) atoms. The second-order valence-electron chi connectivity index (χ2n) is 4.74. The Kier molecular flexibility index (Phi) is 5.54. The maximum atomic E-state index is 12.1. The fourth-order valence-corrected chi connectivity index (χ4v) is 2.71. The van der Waals surface area contributed by atoms with E-state index in [1.165, 1.54) is 11.3 Å². The Morgan fingerprint density at radius 3 is 2.47 bits per heavy atom. The Labute approximate surface area is 118 Å². The van der Waals surface area contributed by atoms with Gasteiger partial charge in [-0.2, -0.15) is 0 Å². The SMILES string of the molecule is CCCC(=O)Nc1sc(C)c(C)c1C(=O)OC(C)C. The summed E-state index contributed by atoms with van der Waals surface area (Å²) in [6, 6.07) is 0. The van der Waals surface area contributed by atoms with Gasteiger partial charge in [-0.25, -0.2) is 4.79 Å². The number of amides is 1. The number of thiophene rings is 1. The molecule has 1 amide bonds. The third kappa shape index (κ3) is 4.06. The summed E-state index contributed by atoms with van der Waals surface area (Å²) in [5, 5.41) is 3.40. The first-order valence-corrected chi connectivity index (χ1v) is 7.29. The van der Waals surface area contributed by atoms with Gasteiger partial charge in [0.1, 0.15) is 5.00 Å². The topological polar surface area (TPSA) is 55.4 Å². The zero-order chi connectivity index (χ0) is 14.6. The Morgan fingerprint density at radius 1 is 1.32 bits per heavy atom. The molecule has 1 aromatic rings. The smallest absolute Gasteiger partial charge is 0.341 e. The number of ether oxygens (including phenoxy) is 1. The van der Waals surface area contributed by atoms with Crippen LogP contribution in [0.15, 0.2) is 0 Å². The summed E-state index contributed by atoms with van der Waals surface area (Å²) in [4.78, 5) is 24.8. The molecule has 0 unspecified atom stereocenters. The van der Waals surface area contributed by atoms with Crippen molar-refractivity contribution in [2.45, 2.75) is 53.6 Å². The average molecular weight is 283 g/mol. The van der Waals surface area contributed by atoms with E-state index in [1.54, 1.807) is 0 Å². The van der Waals surface area contributed by atoms with Crippen LogP contribution in [0, 0.1) is 13.8 Å². The van der Waals surface area contributed by atoms with Crippen LogP contribution in [0.3, 0.4) is 0 Å². The maximum absolute atomic E-state index is 12.1. The van der Waals surface area contributed by atoms with Crippen molar-refractivity contribution in [1.29, 1.82) is 0 Å². The molecule has 0 spiro atoms. The predicted octanol–water partition coefficient (Wildman–Crippen LogP) is 3.67. The highest BCUT2D eigenvalue weighted by atomic mass is 32.1. The minimum atomic E-state index is -0.372. The summed E-state index contributed by atoms with van der Waals surface area (Å²) >= 11 is 1.42. The number of anilines is 1. The van der Waals surface area contributed by atoms with Crippen LogP contribution in [-0.2, 0) is 9.53 Å². The second-order valence-corrected chi connectivity index (χ2v) is 5.96. The van der Waals surface area contributed by atoms with E-state index in [1.807, 2.05) is 34.6 Å². The van der Waals surface area contributed by atoms with E-state index < -0.39 is 0 Å². The first-order chi connectivity index (χ1) is 8.86. The molecule has 0 aliphatic rings. The van der Waals surface area contributed by atoms with Gasteiger partial charge in [-0.15, -0.1) is 11.3 Å². The zero-order valence-corrected chi connectivity index (χ0v) is 12.9. The molecule has 0 saturated carbocycles. The molecule has 0 atom stereocenters. The summed E-state index contributed by atoms with van der Waals surface area (Å²) in [6.45, 7) is 9.36. The van der Waals surface area contributed by atoms with E-state index in [4.69, 9.17) is 4.74 Å². The van der Waals surface area contributed by atoms with Crippen LogP contribution in [0.25, 0.3) is 0 Å². The summed E-state index contributed by atoms with van der Waals surface area (Å²) in [5.41, 5.74) is 1.36. The summed E-state index contributed by atoms with van der Waals surface area (Å²) < 4.78 is 5.23. The fraction of sp³-hybridized carbons (Fsp3) is 0.571. The number of rotatable bonds is 5. The zero-order valence-electron chi connectivity index (χ0n) is 12.1. The van der Waals surface area contributed by atoms with Gasteiger partial charge in [0, 0.05) is 11.3 Å². The molecule has 0 radical (unpaired) electrons. The van der Waals surface area contributed by atoms with Gasteiger partial charge in [0.2, 0.25) is 5.91 Å². The number of aryl methyl sites for hydroxylation is 1. The molecule has 5 heteroatoms. The van der Waals surface area contributed by atoms with Crippen LogP contribution in [-0.4, -0.2) is 18.0 Å². The van der Waals surface area contributed by atoms with E-state index in [2.05, 4.69) is 5.32 Å². The first kappa shape index (κ1) is 15.7. The van der Waals surface area contributed by atoms with Gasteiger partial charge in [-0.1, -0.05) is 6.92 Å². The molecule has 0 fully saturated rings. The minimum Gasteiger partial charge on any atom is -0.459 e. The van der Waals surface area contributed by atoms with Gasteiger partial charge in [0.05, 0.1) is 11.7 Å². The van der Waals surface area contributed by atoms with E-state index >= 15 is 0 Å². The third-order valence-corrected chi connectivity index (χ3v) is 3.78. The average Bonchev–Trinajstić information content (AvgIpc) is 2.53. The Balaban J connectivity index is 3.01. The molecule has 1 N–H and O–H groups in total. The van der Waals surface area contributed by atoms with Crippen LogP contribution >= 0.6 is 11.3 Å². The standard InChI is InChI=1S/C14H21NO3S/c1-6-7-11(16)15-13-12(9(4)10(5)19-13)14(17)18-8(2)3/h8H,6-7H2,1-5H3,(H,15,16). The highest BCUT2D eigenvalue weighted by molar-refractivity contribution is 7.16. The van der Waals surface area contributed by atoms with Gasteiger partial charge in [0.15, 0.2) is 0 Å². The normalized spacial score (nSPS) is 10.6. The molecular formula is C14H21NO3S. The second kappa shape index (κ2) is 6.70. The van der Waals surface area contributed by atoms with Gasteiger partial charge >= 0.3 is 5.97 Å². The van der Waals surface area contributed by atoms with E-state index in [-0.39, 0.29) is 18.0 Å². The van der Waals surface area contributed by atoms with Crippen molar-refractivity contribution in [1.82, 2.24) is 0 Å². The van der Waals surface area contributed by atoms with Crippen molar-refractivity contribution < 1.29 is 14.3 Å².